The van der Waals surface area contributed by atoms with Crippen molar-refractivity contribution in [3.8, 4) is 0 Å². The second kappa shape index (κ2) is 10.3. The Balaban J connectivity index is 1.60. The topological polar surface area (TPSA) is 33.6 Å². The van der Waals surface area contributed by atoms with Crippen molar-refractivity contribution in [3.63, 3.8) is 0 Å². The number of rotatable bonds is 9. The molecule has 0 unspecified atom stereocenters. The van der Waals surface area contributed by atoms with E-state index in [-0.39, 0.29) is 16.8 Å². The van der Waals surface area contributed by atoms with Gasteiger partial charge in [0.15, 0.2) is 0 Å². The van der Waals surface area contributed by atoms with E-state index in [1.165, 1.54) is 18.9 Å². The normalized spacial score (nSPS) is 24.1. The lowest BCUT2D eigenvalue weighted by molar-refractivity contribution is -0.115. The first-order valence-electron chi connectivity index (χ1n) is 11.0. The van der Waals surface area contributed by atoms with E-state index in [4.69, 9.17) is 4.74 Å². The first kappa shape index (κ1) is 21.9. The van der Waals surface area contributed by atoms with Crippen LogP contribution in [-0.4, -0.2) is 31.5 Å². The van der Waals surface area contributed by atoms with Gasteiger partial charge >= 0.3 is 0 Å². The van der Waals surface area contributed by atoms with Crippen LogP contribution in [0.25, 0.3) is 0 Å². The second-order valence-electron chi connectivity index (χ2n) is 8.54. The number of halogens is 1. The Morgan fingerprint density at radius 2 is 2.03 bits per heavy atom. The molecule has 1 aliphatic heterocycles. The Morgan fingerprint density at radius 3 is 2.79 bits per heavy atom. The van der Waals surface area contributed by atoms with Gasteiger partial charge in [-0.3, -0.25) is 4.99 Å². The summed E-state index contributed by atoms with van der Waals surface area (Å²) < 4.78 is 20.1. The number of benzene rings is 1. The summed E-state index contributed by atoms with van der Waals surface area (Å²) in [6.07, 6.45) is 14.3. The van der Waals surface area contributed by atoms with Gasteiger partial charge in [-0.25, -0.2) is 4.39 Å². The summed E-state index contributed by atoms with van der Waals surface area (Å²) in [5.41, 5.74) is 1.74. The van der Waals surface area contributed by atoms with Gasteiger partial charge in [0.05, 0.1) is 5.60 Å². The van der Waals surface area contributed by atoms with Crippen LogP contribution in [0.4, 0.5) is 4.39 Å². The van der Waals surface area contributed by atoms with Crippen molar-refractivity contribution in [3.05, 3.63) is 60.1 Å². The van der Waals surface area contributed by atoms with Gasteiger partial charge in [-0.15, -0.1) is 0 Å². The maximum atomic E-state index is 13.8. The minimum absolute atomic E-state index is 0.0183. The first-order chi connectivity index (χ1) is 14.1. The maximum absolute atomic E-state index is 13.8. The Labute approximate surface area is 175 Å². The lowest BCUT2D eigenvalue weighted by Gasteiger charge is -2.47. The van der Waals surface area contributed by atoms with Crippen molar-refractivity contribution >= 4 is 6.21 Å². The molecule has 3 rings (SSSR count). The van der Waals surface area contributed by atoms with E-state index < -0.39 is 0 Å². The molecule has 1 spiro atoms. The Bertz CT molecular complexity index is 736. The molecule has 0 aromatic heterocycles. The summed E-state index contributed by atoms with van der Waals surface area (Å²) in [5, 5.41) is 3.52. The molecule has 29 heavy (non-hydrogen) atoms. The highest BCUT2D eigenvalue weighted by atomic mass is 19.1. The third kappa shape index (κ3) is 5.64. The summed E-state index contributed by atoms with van der Waals surface area (Å²) in [6, 6.07) is 7.02. The van der Waals surface area contributed by atoms with Crippen molar-refractivity contribution in [2.24, 2.45) is 10.4 Å². The van der Waals surface area contributed by atoms with E-state index in [0.29, 0.717) is 6.42 Å². The molecule has 1 aromatic rings. The van der Waals surface area contributed by atoms with Crippen LogP contribution in [0.5, 0.6) is 0 Å². The summed E-state index contributed by atoms with van der Waals surface area (Å²) in [5.74, 6) is -0.120. The lowest BCUT2D eigenvalue weighted by atomic mass is 9.68. The second-order valence-corrected chi connectivity index (χ2v) is 8.54. The van der Waals surface area contributed by atoms with Crippen LogP contribution in [0, 0.1) is 11.2 Å². The molecule has 0 bridgehead atoms. The van der Waals surface area contributed by atoms with Crippen LogP contribution in [0.1, 0.15) is 57.4 Å². The van der Waals surface area contributed by atoms with Gasteiger partial charge in [0.1, 0.15) is 5.82 Å². The third-order valence-corrected chi connectivity index (χ3v) is 6.59. The molecule has 1 aromatic carbocycles. The van der Waals surface area contributed by atoms with Gasteiger partial charge in [-0.1, -0.05) is 43.7 Å². The fourth-order valence-electron chi connectivity index (χ4n) is 4.90. The largest absolute Gasteiger partial charge is 0.375 e. The molecule has 1 N–H and O–H groups in total. The van der Waals surface area contributed by atoms with E-state index >= 15 is 0 Å². The molecule has 1 aliphatic carbocycles. The standard InChI is InChI=1S/C25H35FN2O/c1-3-4-16-28-21(2)24(15-19-29-25(20-24)12-7-8-13-25)14-18-27-17-11-22-9-5-6-10-23(22)26/h3-6,9-10,16,27H,2,7-8,11-15,17-20H2,1H3/b4-3-,28-16?/t24-/m1/s1. The fraction of sp³-hybridized carbons (Fsp3) is 0.560. The van der Waals surface area contributed by atoms with E-state index in [1.807, 2.05) is 37.4 Å². The molecule has 1 saturated carbocycles. The number of hydrogen-bond acceptors (Lipinski definition) is 3. The van der Waals surface area contributed by atoms with Gasteiger partial charge in [0, 0.05) is 23.9 Å². The smallest absolute Gasteiger partial charge is 0.126 e. The Morgan fingerprint density at radius 1 is 1.24 bits per heavy atom. The predicted octanol–water partition coefficient (Wildman–Crippen LogP) is 5.62. The highest BCUT2D eigenvalue weighted by Gasteiger charge is 2.48. The molecule has 2 aliphatic rings. The number of aliphatic imine (C=N–C) groups is 1. The van der Waals surface area contributed by atoms with Crippen molar-refractivity contribution < 1.29 is 9.13 Å². The molecule has 2 fully saturated rings. The van der Waals surface area contributed by atoms with Gasteiger partial charge in [-0.05, 0) is 76.2 Å². The highest BCUT2D eigenvalue weighted by molar-refractivity contribution is 5.72. The average Bonchev–Trinajstić information content (AvgIpc) is 3.16. The van der Waals surface area contributed by atoms with Crippen LogP contribution in [0.3, 0.4) is 0 Å². The van der Waals surface area contributed by atoms with E-state index in [0.717, 1.165) is 63.1 Å². The van der Waals surface area contributed by atoms with Gasteiger partial charge in [-0.2, -0.15) is 0 Å². The van der Waals surface area contributed by atoms with E-state index in [9.17, 15) is 4.39 Å². The zero-order valence-electron chi connectivity index (χ0n) is 17.8. The van der Waals surface area contributed by atoms with Gasteiger partial charge in [0.2, 0.25) is 0 Å². The molecule has 1 heterocycles. The van der Waals surface area contributed by atoms with Gasteiger partial charge < -0.3 is 10.1 Å². The highest BCUT2D eigenvalue weighted by Crippen LogP contribution is 2.52. The molecule has 1 saturated heterocycles. The summed E-state index contributed by atoms with van der Waals surface area (Å²) >= 11 is 0. The summed E-state index contributed by atoms with van der Waals surface area (Å²) in [7, 11) is 0. The molecular weight excluding hydrogens is 363 g/mol. The number of nitrogens with one attached hydrogen (secondary N) is 1. The molecular formula is C25H35FN2O. The van der Waals surface area contributed by atoms with Crippen molar-refractivity contribution in [1.29, 1.82) is 0 Å². The Hall–Kier alpha value is -1.78. The summed E-state index contributed by atoms with van der Waals surface area (Å²) in [6.45, 7) is 8.80. The maximum Gasteiger partial charge on any atom is 0.126 e. The number of hydrogen-bond donors (Lipinski definition) is 1. The quantitative estimate of drug-likeness (QED) is 0.433. The van der Waals surface area contributed by atoms with Crippen molar-refractivity contribution in [2.45, 2.75) is 63.9 Å². The minimum Gasteiger partial charge on any atom is -0.375 e. The predicted molar refractivity (Wildman–Crippen MR) is 119 cm³/mol. The SMILES string of the molecule is C=C(N=C/C=C\C)[C@]1(CCNCCc2ccccc2F)CCOC2(CCCC2)C1. The van der Waals surface area contributed by atoms with Crippen molar-refractivity contribution in [2.75, 3.05) is 19.7 Å². The number of ether oxygens (including phenoxy) is 1. The Kier molecular flexibility index (Phi) is 7.79. The monoisotopic (exact) mass is 398 g/mol. The fourth-order valence-corrected chi connectivity index (χ4v) is 4.90. The third-order valence-electron chi connectivity index (χ3n) is 6.59. The van der Waals surface area contributed by atoms with Gasteiger partial charge in [0.25, 0.3) is 0 Å². The molecule has 1 atom stereocenters. The van der Waals surface area contributed by atoms with Crippen LogP contribution in [0.15, 0.2) is 53.7 Å². The number of allylic oxidation sites excluding steroid dienone is 3. The average molecular weight is 399 g/mol. The molecule has 4 heteroatoms. The molecule has 0 radical (unpaired) electrons. The molecule has 158 valence electrons. The van der Waals surface area contributed by atoms with E-state index in [2.05, 4.69) is 16.9 Å². The molecule has 3 nitrogen and oxygen atoms in total. The van der Waals surface area contributed by atoms with Crippen LogP contribution in [-0.2, 0) is 11.2 Å². The van der Waals surface area contributed by atoms with Crippen LogP contribution < -0.4 is 5.32 Å². The van der Waals surface area contributed by atoms with E-state index in [1.54, 1.807) is 6.07 Å². The first-order valence-corrected chi connectivity index (χ1v) is 11.0. The lowest BCUT2D eigenvalue weighted by Crippen LogP contribution is -2.45. The number of nitrogens with zero attached hydrogens (tertiary/aromatic N) is 1. The summed E-state index contributed by atoms with van der Waals surface area (Å²) in [4.78, 5) is 4.68. The zero-order chi connectivity index (χ0) is 20.6. The minimum atomic E-state index is -0.120. The van der Waals surface area contributed by atoms with Crippen LogP contribution in [0.2, 0.25) is 0 Å². The van der Waals surface area contributed by atoms with Crippen LogP contribution >= 0.6 is 0 Å². The molecule has 0 amide bonds. The zero-order valence-corrected chi connectivity index (χ0v) is 17.8. The van der Waals surface area contributed by atoms with Crippen molar-refractivity contribution in [1.82, 2.24) is 5.32 Å².